The highest BCUT2D eigenvalue weighted by molar-refractivity contribution is 7.09. The Morgan fingerprint density at radius 3 is 2.31 bits per heavy atom. The number of rotatable bonds is 6. The van der Waals surface area contributed by atoms with Crippen molar-refractivity contribution in [2.45, 2.75) is 45.2 Å². The number of urea groups is 1. The topological polar surface area (TPSA) is 86.4 Å². The lowest BCUT2D eigenvalue weighted by atomic mass is 9.95. The van der Waals surface area contributed by atoms with Gasteiger partial charge in [-0.25, -0.2) is 9.78 Å². The van der Waals surface area contributed by atoms with Crippen LogP contribution in [0.4, 0.5) is 16.2 Å². The molecule has 3 amide bonds. The average molecular weight is 414 g/mol. The predicted octanol–water partition coefficient (Wildman–Crippen LogP) is 3.59. The number of nitrogens with one attached hydrogen (secondary N) is 3. The van der Waals surface area contributed by atoms with Gasteiger partial charge in [-0.05, 0) is 70.0 Å². The minimum atomic E-state index is -0.177. The summed E-state index contributed by atoms with van der Waals surface area (Å²) in [5, 5.41) is 11.9. The second kappa shape index (κ2) is 8.92. The second-order valence-corrected chi connectivity index (χ2v) is 8.91. The molecule has 8 heteroatoms. The fraction of sp³-hybridized carbons (Fsp3) is 0.476. The molecule has 154 valence electrons. The summed E-state index contributed by atoms with van der Waals surface area (Å²) in [6, 6.07) is 7.41. The van der Waals surface area contributed by atoms with Crippen molar-refractivity contribution in [3.63, 3.8) is 0 Å². The molecular formula is C21H27N5O2S. The van der Waals surface area contributed by atoms with E-state index >= 15 is 0 Å². The van der Waals surface area contributed by atoms with Crippen molar-refractivity contribution in [3.05, 3.63) is 40.3 Å². The lowest BCUT2D eigenvalue weighted by molar-refractivity contribution is -0.121. The molecule has 0 unspecified atom stereocenters. The van der Waals surface area contributed by atoms with Crippen LogP contribution in [0.3, 0.4) is 0 Å². The Morgan fingerprint density at radius 2 is 1.72 bits per heavy atom. The van der Waals surface area contributed by atoms with E-state index in [-0.39, 0.29) is 17.9 Å². The Labute approximate surface area is 174 Å². The minimum absolute atomic E-state index is 0.0329. The molecule has 0 atom stereocenters. The number of amides is 3. The SMILES string of the molecule is Cc1nc(CN2CCC(C(=O)Nc3ccc(NC(=O)NC4CC4)cc3)CC2)cs1. The summed E-state index contributed by atoms with van der Waals surface area (Å²) in [6.45, 7) is 4.71. The number of hydrogen-bond donors (Lipinski definition) is 3. The normalized spacial score (nSPS) is 17.7. The first-order chi connectivity index (χ1) is 14.0. The van der Waals surface area contributed by atoms with Gasteiger partial charge in [0.1, 0.15) is 0 Å². The Kier molecular flexibility index (Phi) is 6.10. The molecule has 0 spiro atoms. The molecule has 7 nitrogen and oxygen atoms in total. The van der Waals surface area contributed by atoms with E-state index in [4.69, 9.17) is 0 Å². The van der Waals surface area contributed by atoms with E-state index in [1.54, 1.807) is 23.5 Å². The molecule has 1 saturated carbocycles. The minimum Gasteiger partial charge on any atom is -0.335 e. The lowest BCUT2D eigenvalue weighted by Gasteiger charge is -2.30. The van der Waals surface area contributed by atoms with Crippen molar-refractivity contribution in [1.29, 1.82) is 0 Å². The van der Waals surface area contributed by atoms with Gasteiger partial charge in [0, 0.05) is 35.3 Å². The molecule has 2 fully saturated rings. The standard InChI is InChI=1S/C21H27N5O2S/c1-14-22-19(13-29-14)12-26-10-8-15(9-11-26)20(27)23-16-2-4-17(5-3-16)24-21(28)25-18-6-7-18/h2-5,13,15,18H,6-12H2,1H3,(H,23,27)(H2,24,25,28). The summed E-state index contributed by atoms with van der Waals surface area (Å²) in [6.07, 6.45) is 3.83. The summed E-state index contributed by atoms with van der Waals surface area (Å²) in [5.74, 6) is 0.104. The number of piperidine rings is 1. The first kappa shape index (κ1) is 19.8. The predicted molar refractivity (Wildman–Crippen MR) is 115 cm³/mol. The van der Waals surface area contributed by atoms with Crippen molar-refractivity contribution in [1.82, 2.24) is 15.2 Å². The number of thiazole rings is 1. The Morgan fingerprint density at radius 1 is 1.07 bits per heavy atom. The van der Waals surface area contributed by atoms with E-state index in [2.05, 4.69) is 31.2 Å². The summed E-state index contributed by atoms with van der Waals surface area (Å²) >= 11 is 1.68. The van der Waals surface area contributed by atoms with E-state index in [9.17, 15) is 9.59 Å². The summed E-state index contributed by atoms with van der Waals surface area (Å²) < 4.78 is 0. The van der Waals surface area contributed by atoms with Crippen LogP contribution in [0, 0.1) is 12.8 Å². The monoisotopic (exact) mass is 413 g/mol. The molecule has 1 saturated heterocycles. The van der Waals surface area contributed by atoms with Gasteiger partial charge >= 0.3 is 6.03 Å². The molecule has 2 aromatic rings. The molecule has 1 aromatic heterocycles. The zero-order valence-corrected chi connectivity index (χ0v) is 17.4. The van der Waals surface area contributed by atoms with Crippen LogP contribution in [-0.4, -0.2) is 41.0 Å². The number of benzene rings is 1. The van der Waals surface area contributed by atoms with Crippen LogP contribution in [0.5, 0.6) is 0 Å². The molecule has 3 N–H and O–H groups in total. The molecule has 29 heavy (non-hydrogen) atoms. The van der Waals surface area contributed by atoms with E-state index in [0.717, 1.165) is 61.7 Å². The molecule has 1 aromatic carbocycles. The Hall–Kier alpha value is -2.45. The van der Waals surface area contributed by atoms with Gasteiger partial charge in [-0.2, -0.15) is 0 Å². The van der Waals surface area contributed by atoms with Gasteiger partial charge in [-0.3, -0.25) is 9.69 Å². The van der Waals surface area contributed by atoms with Crippen LogP contribution in [0.1, 0.15) is 36.4 Å². The number of aromatic nitrogens is 1. The average Bonchev–Trinajstić information content (AvgIpc) is 3.43. The first-order valence-electron chi connectivity index (χ1n) is 10.2. The number of aryl methyl sites for hydroxylation is 1. The molecule has 2 aliphatic rings. The third-order valence-corrected chi connectivity index (χ3v) is 6.16. The maximum Gasteiger partial charge on any atom is 0.319 e. The van der Waals surface area contributed by atoms with Gasteiger partial charge in [0.05, 0.1) is 10.7 Å². The molecular weight excluding hydrogens is 386 g/mol. The third-order valence-electron chi connectivity index (χ3n) is 5.33. The van der Waals surface area contributed by atoms with Crippen molar-refractivity contribution in [2.24, 2.45) is 5.92 Å². The van der Waals surface area contributed by atoms with Crippen LogP contribution in [0.2, 0.25) is 0 Å². The van der Waals surface area contributed by atoms with Crippen LogP contribution >= 0.6 is 11.3 Å². The van der Waals surface area contributed by atoms with Gasteiger partial charge < -0.3 is 16.0 Å². The van der Waals surface area contributed by atoms with Crippen molar-refractivity contribution >= 4 is 34.6 Å². The zero-order valence-electron chi connectivity index (χ0n) is 16.6. The van der Waals surface area contributed by atoms with E-state index in [0.29, 0.717) is 11.7 Å². The van der Waals surface area contributed by atoms with Crippen molar-refractivity contribution in [3.8, 4) is 0 Å². The van der Waals surface area contributed by atoms with E-state index in [1.165, 1.54) is 0 Å². The van der Waals surface area contributed by atoms with E-state index in [1.807, 2.05) is 19.1 Å². The fourth-order valence-corrected chi connectivity index (χ4v) is 4.13. The lowest BCUT2D eigenvalue weighted by Crippen LogP contribution is -2.37. The fourth-order valence-electron chi connectivity index (χ4n) is 3.52. The number of likely N-dealkylation sites (tertiary alicyclic amines) is 1. The highest BCUT2D eigenvalue weighted by Crippen LogP contribution is 2.22. The highest BCUT2D eigenvalue weighted by Gasteiger charge is 2.25. The Bertz CT molecular complexity index is 854. The third kappa shape index (κ3) is 5.77. The summed E-state index contributed by atoms with van der Waals surface area (Å²) in [7, 11) is 0. The zero-order chi connectivity index (χ0) is 20.2. The number of hydrogen-bond acceptors (Lipinski definition) is 5. The quantitative estimate of drug-likeness (QED) is 0.676. The molecule has 1 aliphatic heterocycles. The van der Waals surface area contributed by atoms with Gasteiger partial charge in [0.15, 0.2) is 0 Å². The summed E-state index contributed by atoms with van der Waals surface area (Å²) in [5.41, 5.74) is 2.59. The van der Waals surface area contributed by atoms with Crippen LogP contribution in [0.25, 0.3) is 0 Å². The number of carbonyl (C=O) groups excluding carboxylic acids is 2. The Balaban J connectivity index is 1.21. The molecule has 2 heterocycles. The van der Waals surface area contributed by atoms with Crippen molar-refractivity contribution in [2.75, 3.05) is 23.7 Å². The second-order valence-electron chi connectivity index (χ2n) is 7.85. The van der Waals surface area contributed by atoms with Gasteiger partial charge in [-0.1, -0.05) is 0 Å². The van der Waals surface area contributed by atoms with Gasteiger partial charge in [-0.15, -0.1) is 11.3 Å². The number of nitrogens with zero attached hydrogens (tertiary/aromatic N) is 2. The first-order valence-corrected chi connectivity index (χ1v) is 11.0. The van der Waals surface area contributed by atoms with Crippen molar-refractivity contribution < 1.29 is 9.59 Å². The van der Waals surface area contributed by atoms with Gasteiger partial charge in [0.25, 0.3) is 0 Å². The number of carbonyl (C=O) groups is 2. The maximum absolute atomic E-state index is 12.6. The van der Waals surface area contributed by atoms with Crippen LogP contribution < -0.4 is 16.0 Å². The smallest absolute Gasteiger partial charge is 0.319 e. The van der Waals surface area contributed by atoms with Crippen LogP contribution in [0.15, 0.2) is 29.6 Å². The molecule has 4 rings (SSSR count). The maximum atomic E-state index is 12.6. The van der Waals surface area contributed by atoms with Gasteiger partial charge in [0.2, 0.25) is 5.91 Å². The number of anilines is 2. The van der Waals surface area contributed by atoms with Crippen LogP contribution in [-0.2, 0) is 11.3 Å². The molecule has 1 aliphatic carbocycles. The largest absolute Gasteiger partial charge is 0.335 e. The van der Waals surface area contributed by atoms with E-state index < -0.39 is 0 Å². The molecule has 0 bridgehead atoms. The molecule has 0 radical (unpaired) electrons. The highest BCUT2D eigenvalue weighted by atomic mass is 32.1. The summed E-state index contributed by atoms with van der Waals surface area (Å²) in [4.78, 5) is 31.3.